The van der Waals surface area contributed by atoms with E-state index in [1.54, 1.807) is 63.5 Å². The number of aliphatic hydroxyl groups is 1. The number of hydrogen-bond donors (Lipinski definition) is 1. The fourth-order valence-corrected chi connectivity index (χ4v) is 4.57. The zero-order chi connectivity index (χ0) is 25.5. The van der Waals surface area contributed by atoms with Crippen molar-refractivity contribution in [2.75, 3.05) is 52.8 Å². The summed E-state index contributed by atoms with van der Waals surface area (Å²) < 4.78 is 5.18. The van der Waals surface area contributed by atoms with Gasteiger partial charge in [-0.25, -0.2) is 4.98 Å². The maximum Gasteiger partial charge on any atom is 0.256 e. The van der Waals surface area contributed by atoms with E-state index in [4.69, 9.17) is 16.3 Å². The van der Waals surface area contributed by atoms with Crippen molar-refractivity contribution in [3.8, 4) is 5.75 Å². The van der Waals surface area contributed by atoms with Crippen LogP contribution in [0.25, 0.3) is 0 Å². The molecule has 1 aromatic carbocycles. The Kier molecular flexibility index (Phi) is 9.34. The average Bonchev–Trinajstić information content (AvgIpc) is 2.87. The zero-order valence-corrected chi connectivity index (χ0v) is 21.7. The van der Waals surface area contributed by atoms with Crippen LogP contribution in [0.3, 0.4) is 0 Å². The van der Waals surface area contributed by atoms with E-state index in [-0.39, 0.29) is 17.0 Å². The third-order valence-corrected chi connectivity index (χ3v) is 6.82. The van der Waals surface area contributed by atoms with Crippen LogP contribution in [0.5, 0.6) is 5.75 Å². The van der Waals surface area contributed by atoms with E-state index >= 15 is 0 Å². The Labute approximate surface area is 212 Å². The summed E-state index contributed by atoms with van der Waals surface area (Å²) in [5.41, 5.74) is 0.937. The number of ether oxygens (including phenoxy) is 1. The Morgan fingerprint density at radius 1 is 1.20 bits per heavy atom. The number of amides is 2. The Morgan fingerprint density at radius 3 is 2.54 bits per heavy atom. The van der Waals surface area contributed by atoms with Crippen molar-refractivity contribution in [2.24, 2.45) is 5.92 Å². The van der Waals surface area contributed by atoms with E-state index in [9.17, 15) is 14.7 Å². The van der Waals surface area contributed by atoms with Crippen LogP contribution in [-0.2, 0) is 4.79 Å². The molecule has 0 spiro atoms. The van der Waals surface area contributed by atoms with Crippen molar-refractivity contribution in [1.82, 2.24) is 14.8 Å². The maximum atomic E-state index is 12.6. The molecule has 0 aliphatic carbocycles. The zero-order valence-electron chi connectivity index (χ0n) is 20.9. The second kappa shape index (κ2) is 12.2. The minimum absolute atomic E-state index is 0.160. The fraction of sp³-hybridized carbons (Fsp3) is 0.500. The number of methoxy groups -OCH3 is 1. The number of aromatic nitrogens is 1. The van der Waals surface area contributed by atoms with E-state index in [1.165, 1.54) is 4.90 Å². The van der Waals surface area contributed by atoms with Crippen molar-refractivity contribution in [3.63, 3.8) is 0 Å². The normalized spacial score (nSPS) is 15.0. The quantitative estimate of drug-likeness (QED) is 0.527. The minimum atomic E-state index is -1.20. The first-order valence-corrected chi connectivity index (χ1v) is 12.3. The molecule has 1 saturated heterocycles. The summed E-state index contributed by atoms with van der Waals surface area (Å²) in [5, 5.41) is 10.7. The molecule has 3 rings (SSSR count). The van der Waals surface area contributed by atoms with E-state index < -0.39 is 6.10 Å². The van der Waals surface area contributed by atoms with Gasteiger partial charge in [-0.2, -0.15) is 0 Å². The summed E-state index contributed by atoms with van der Waals surface area (Å²) in [5.74, 6) is 1.50. The molecule has 1 fully saturated rings. The van der Waals surface area contributed by atoms with Crippen LogP contribution in [0, 0.1) is 5.92 Å². The molecule has 1 atom stereocenters. The number of benzene rings is 1. The molecule has 1 N–H and O–H groups in total. The number of carbonyl (C=O) groups excluding carboxylic acids is 2. The highest BCUT2D eigenvalue weighted by Crippen LogP contribution is 2.27. The Morgan fingerprint density at radius 2 is 1.91 bits per heavy atom. The van der Waals surface area contributed by atoms with Gasteiger partial charge in [-0.3, -0.25) is 9.59 Å². The molecule has 9 heteroatoms. The number of piperidine rings is 1. The van der Waals surface area contributed by atoms with Gasteiger partial charge in [0.1, 0.15) is 16.7 Å². The molecule has 0 radical (unpaired) electrons. The molecule has 2 amide bonds. The Balaban J connectivity index is 1.44. The van der Waals surface area contributed by atoms with Crippen molar-refractivity contribution < 1.29 is 19.4 Å². The smallest absolute Gasteiger partial charge is 0.256 e. The predicted octanol–water partition coefficient (Wildman–Crippen LogP) is 3.63. The summed E-state index contributed by atoms with van der Waals surface area (Å²) in [6.07, 6.45) is 2.76. The van der Waals surface area contributed by atoms with Gasteiger partial charge in [0, 0.05) is 40.8 Å². The molecule has 2 heterocycles. The number of nitrogens with zero attached hydrogens (tertiary/aromatic N) is 4. The second-order valence-electron chi connectivity index (χ2n) is 9.22. The number of halogens is 1. The molecule has 35 heavy (non-hydrogen) atoms. The van der Waals surface area contributed by atoms with Gasteiger partial charge < -0.3 is 24.5 Å². The highest BCUT2D eigenvalue weighted by Gasteiger charge is 2.24. The van der Waals surface area contributed by atoms with Gasteiger partial charge in [0.2, 0.25) is 0 Å². The lowest BCUT2D eigenvalue weighted by atomic mass is 9.92. The lowest BCUT2D eigenvalue weighted by Gasteiger charge is -2.33. The third kappa shape index (κ3) is 6.86. The van der Waals surface area contributed by atoms with Crippen LogP contribution in [0.1, 0.15) is 47.7 Å². The van der Waals surface area contributed by atoms with Gasteiger partial charge in [0.25, 0.3) is 11.8 Å². The van der Waals surface area contributed by atoms with Crippen molar-refractivity contribution >= 4 is 29.2 Å². The number of anilines is 1. The maximum absolute atomic E-state index is 12.6. The number of carbonyl (C=O) groups is 2. The molecular weight excluding hydrogens is 468 g/mol. The monoisotopic (exact) mass is 502 g/mol. The van der Waals surface area contributed by atoms with Gasteiger partial charge in [0.05, 0.1) is 12.7 Å². The van der Waals surface area contributed by atoms with Gasteiger partial charge in [-0.05, 0) is 61.4 Å². The van der Waals surface area contributed by atoms with Crippen LogP contribution >= 0.6 is 11.6 Å². The molecule has 1 aliphatic heterocycles. The van der Waals surface area contributed by atoms with Gasteiger partial charge in [-0.1, -0.05) is 23.7 Å². The molecule has 0 saturated carbocycles. The van der Waals surface area contributed by atoms with E-state index in [2.05, 4.69) is 9.88 Å². The Bertz CT molecular complexity index is 1020. The summed E-state index contributed by atoms with van der Waals surface area (Å²) >= 11 is 6.27. The number of rotatable bonds is 9. The topological polar surface area (TPSA) is 86.2 Å². The lowest BCUT2D eigenvalue weighted by Crippen LogP contribution is -2.35. The van der Waals surface area contributed by atoms with Gasteiger partial charge in [0.15, 0.2) is 6.10 Å². The van der Waals surface area contributed by atoms with Gasteiger partial charge in [-0.15, -0.1) is 0 Å². The van der Waals surface area contributed by atoms with Crippen LogP contribution < -0.4 is 9.64 Å². The largest absolute Gasteiger partial charge is 0.497 e. The fourth-order valence-electron chi connectivity index (χ4n) is 4.34. The first-order valence-electron chi connectivity index (χ1n) is 11.9. The van der Waals surface area contributed by atoms with Crippen LogP contribution in [0.15, 0.2) is 36.4 Å². The van der Waals surface area contributed by atoms with Crippen molar-refractivity contribution in [2.45, 2.75) is 31.8 Å². The van der Waals surface area contributed by atoms with E-state index in [0.717, 1.165) is 44.6 Å². The summed E-state index contributed by atoms with van der Waals surface area (Å²) in [6, 6.07) is 10.5. The standard InChI is InChI=1S/C26H35ClN4O4/c1-29(2)25(33)21-10-11-22(28-24(21)27)31-15-12-18(13-16-31)7-6-14-30(3)26(34)23(32)19-8-5-9-20(17-19)35-4/h5,8-11,17-18,23,32H,6-7,12-16H2,1-4H3. The first-order chi connectivity index (χ1) is 16.7. The highest BCUT2D eigenvalue weighted by molar-refractivity contribution is 6.32. The third-order valence-electron chi connectivity index (χ3n) is 6.53. The minimum Gasteiger partial charge on any atom is -0.497 e. The SMILES string of the molecule is COc1cccc(C(O)C(=O)N(C)CCCC2CCN(c3ccc(C(=O)N(C)C)c(Cl)n3)CC2)c1. The number of hydrogen-bond acceptors (Lipinski definition) is 6. The number of pyridine rings is 1. The predicted molar refractivity (Wildman–Crippen MR) is 137 cm³/mol. The molecule has 0 bridgehead atoms. The molecule has 190 valence electrons. The molecule has 2 aromatic rings. The van der Waals surface area contributed by atoms with Gasteiger partial charge >= 0.3 is 0 Å². The highest BCUT2D eigenvalue weighted by atomic mass is 35.5. The molecular formula is C26H35ClN4O4. The molecule has 1 aliphatic rings. The molecule has 1 aromatic heterocycles. The van der Waals surface area contributed by atoms with Crippen LogP contribution in [0.4, 0.5) is 5.82 Å². The van der Waals surface area contributed by atoms with E-state index in [1.807, 2.05) is 6.07 Å². The van der Waals surface area contributed by atoms with Crippen molar-refractivity contribution in [1.29, 1.82) is 0 Å². The molecule has 8 nitrogen and oxygen atoms in total. The summed E-state index contributed by atoms with van der Waals surface area (Å²) in [6.45, 7) is 2.34. The Hall–Kier alpha value is -2.84. The lowest BCUT2D eigenvalue weighted by molar-refractivity contribution is -0.139. The van der Waals surface area contributed by atoms with E-state index in [0.29, 0.717) is 29.3 Å². The number of aliphatic hydroxyl groups excluding tert-OH is 1. The average molecular weight is 503 g/mol. The van der Waals surface area contributed by atoms with Crippen LogP contribution in [0.2, 0.25) is 5.15 Å². The van der Waals surface area contributed by atoms with Crippen LogP contribution in [-0.4, -0.2) is 79.6 Å². The number of likely N-dealkylation sites (N-methyl/N-ethyl adjacent to an activating group) is 1. The molecule has 1 unspecified atom stereocenters. The second-order valence-corrected chi connectivity index (χ2v) is 9.58. The summed E-state index contributed by atoms with van der Waals surface area (Å²) in [7, 11) is 6.66. The summed E-state index contributed by atoms with van der Waals surface area (Å²) in [4.78, 5) is 34.5. The van der Waals surface area contributed by atoms with Crippen molar-refractivity contribution in [3.05, 3.63) is 52.7 Å². The first kappa shape index (κ1) is 26.8.